The molecule has 0 bridgehead atoms. The highest BCUT2D eigenvalue weighted by molar-refractivity contribution is 5.29. The van der Waals surface area contributed by atoms with E-state index in [1.54, 1.807) is 13.0 Å². The number of halogens is 4. The van der Waals surface area contributed by atoms with Crippen molar-refractivity contribution in [2.45, 2.75) is 25.6 Å². The molecule has 0 fully saturated rings. The molecule has 0 saturated heterocycles. The highest BCUT2D eigenvalue weighted by atomic mass is 19.4. The van der Waals surface area contributed by atoms with Crippen molar-refractivity contribution in [3.63, 3.8) is 0 Å². The van der Waals surface area contributed by atoms with Gasteiger partial charge >= 0.3 is 6.18 Å². The molecule has 1 aromatic carbocycles. The Balaban J connectivity index is 2.56. The number of nitrogens with one attached hydrogen (secondary N) is 1. The fourth-order valence-electron chi connectivity index (χ4n) is 1.70. The number of nitrogens with two attached hydrogens (primary N) is 1. The second-order valence-electron chi connectivity index (χ2n) is 4.18. The molecule has 7 heteroatoms. The Hall–Kier alpha value is -1.18. The lowest BCUT2D eigenvalue weighted by Gasteiger charge is -2.19. The van der Waals surface area contributed by atoms with Crippen LogP contribution in [-0.2, 0) is 4.74 Å². The first kappa shape index (κ1) is 15.9. The van der Waals surface area contributed by atoms with Crippen molar-refractivity contribution in [3.8, 4) is 0 Å². The normalized spacial score (nSPS) is 13.6. The molecular weight excluding hydrogens is 264 g/mol. The molecule has 0 heterocycles. The third-order valence-corrected chi connectivity index (χ3v) is 2.63. The van der Waals surface area contributed by atoms with Crippen molar-refractivity contribution in [1.29, 1.82) is 0 Å². The standard InChI is InChI=1S/C12H16F4N2O/c1-8-2-3-9(13)6-10(8)11(18-17)4-5-19-7-12(14,15)16/h2-3,6,11,18H,4-5,7,17H2,1H3. The van der Waals surface area contributed by atoms with Crippen LogP contribution < -0.4 is 11.3 Å². The summed E-state index contributed by atoms with van der Waals surface area (Å²) < 4.78 is 53.3. The van der Waals surface area contributed by atoms with Gasteiger partial charge in [-0.25, -0.2) is 4.39 Å². The Bertz CT molecular complexity index is 409. The molecule has 1 atom stereocenters. The Morgan fingerprint density at radius 2 is 2.05 bits per heavy atom. The van der Waals surface area contributed by atoms with Crippen molar-refractivity contribution in [2.24, 2.45) is 5.84 Å². The Kier molecular flexibility index (Phi) is 5.71. The molecule has 0 radical (unpaired) electrons. The molecular formula is C12H16F4N2O. The zero-order chi connectivity index (χ0) is 14.5. The van der Waals surface area contributed by atoms with Crippen molar-refractivity contribution >= 4 is 0 Å². The van der Waals surface area contributed by atoms with Gasteiger partial charge in [-0.15, -0.1) is 0 Å². The van der Waals surface area contributed by atoms with Crippen LogP contribution in [0.25, 0.3) is 0 Å². The number of alkyl halides is 3. The Morgan fingerprint density at radius 1 is 1.37 bits per heavy atom. The molecule has 0 amide bonds. The van der Waals surface area contributed by atoms with Crippen LogP contribution >= 0.6 is 0 Å². The second kappa shape index (κ2) is 6.83. The van der Waals surface area contributed by atoms with Crippen LogP contribution in [0.1, 0.15) is 23.6 Å². The Morgan fingerprint density at radius 3 is 2.63 bits per heavy atom. The van der Waals surface area contributed by atoms with Crippen LogP contribution in [0, 0.1) is 12.7 Å². The lowest BCUT2D eigenvalue weighted by molar-refractivity contribution is -0.174. The number of aryl methyl sites for hydroxylation is 1. The molecule has 0 aliphatic rings. The smallest absolute Gasteiger partial charge is 0.372 e. The van der Waals surface area contributed by atoms with Crippen molar-refractivity contribution in [3.05, 3.63) is 35.1 Å². The average Bonchev–Trinajstić information content (AvgIpc) is 2.32. The van der Waals surface area contributed by atoms with E-state index in [9.17, 15) is 17.6 Å². The summed E-state index contributed by atoms with van der Waals surface area (Å²) in [5.41, 5.74) is 3.87. The SMILES string of the molecule is Cc1ccc(F)cc1C(CCOCC(F)(F)F)NN. The molecule has 3 N–H and O–H groups in total. The summed E-state index contributed by atoms with van der Waals surface area (Å²) in [4.78, 5) is 0. The van der Waals surface area contributed by atoms with Gasteiger partial charge < -0.3 is 4.74 Å². The van der Waals surface area contributed by atoms with E-state index < -0.39 is 24.6 Å². The zero-order valence-corrected chi connectivity index (χ0v) is 10.4. The predicted octanol–water partition coefficient (Wildman–Crippen LogP) is 2.61. The van der Waals surface area contributed by atoms with E-state index in [-0.39, 0.29) is 13.0 Å². The molecule has 0 aliphatic heterocycles. The van der Waals surface area contributed by atoms with Gasteiger partial charge in [0.25, 0.3) is 0 Å². The third kappa shape index (κ3) is 5.54. The van der Waals surface area contributed by atoms with Crippen molar-refractivity contribution in [2.75, 3.05) is 13.2 Å². The van der Waals surface area contributed by atoms with E-state index in [0.29, 0.717) is 5.56 Å². The van der Waals surface area contributed by atoms with Crippen LogP contribution in [0.2, 0.25) is 0 Å². The highest BCUT2D eigenvalue weighted by Crippen LogP contribution is 2.22. The summed E-state index contributed by atoms with van der Waals surface area (Å²) in [7, 11) is 0. The fraction of sp³-hybridized carbons (Fsp3) is 0.500. The van der Waals surface area contributed by atoms with Crippen LogP contribution in [0.4, 0.5) is 17.6 Å². The summed E-state index contributed by atoms with van der Waals surface area (Å²) in [6.45, 7) is 0.354. The maximum Gasteiger partial charge on any atom is 0.411 e. The van der Waals surface area contributed by atoms with Gasteiger partial charge in [-0.2, -0.15) is 13.2 Å². The van der Waals surface area contributed by atoms with E-state index in [1.165, 1.54) is 12.1 Å². The first-order valence-corrected chi connectivity index (χ1v) is 5.70. The van der Waals surface area contributed by atoms with Crippen LogP contribution in [0.15, 0.2) is 18.2 Å². The summed E-state index contributed by atoms with van der Waals surface area (Å²) in [5, 5.41) is 0. The number of benzene rings is 1. The van der Waals surface area contributed by atoms with Gasteiger partial charge in [0.1, 0.15) is 12.4 Å². The molecule has 108 valence electrons. The molecule has 0 spiro atoms. The quantitative estimate of drug-likeness (QED) is 0.364. The number of ether oxygens (including phenoxy) is 1. The molecule has 0 saturated carbocycles. The minimum absolute atomic E-state index is 0.121. The number of hydrogen-bond acceptors (Lipinski definition) is 3. The van der Waals surface area contributed by atoms with E-state index in [2.05, 4.69) is 10.2 Å². The first-order valence-electron chi connectivity index (χ1n) is 5.70. The summed E-state index contributed by atoms with van der Waals surface area (Å²) in [6, 6.07) is 3.76. The molecule has 1 aromatic rings. The van der Waals surface area contributed by atoms with Gasteiger partial charge in [0.2, 0.25) is 0 Å². The zero-order valence-electron chi connectivity index (χ0n) is 10.4. The predicted molar refractivity (Wildman–Crippen MR) is 62.7 cm³/mol. The fourth-order valence-corrected chi connectivity index (χ4v) is 1.70. The van der Waals surface area contributed by atoms with Gasteiger partial charge in [-0.3, -0.25) is 11.3 Å². The lowest BCUT2D eigenvalue weighted by Crippen LogP contribution is -2.30. The molecule has 0 aliphatic carbocycles. The number of hydrogen-bond donors (Lipinski definition) is 2. The molecule has 3 nitrogen and oxygen atoms in total. The lowest BCUT2D eigenvalue weighted by atomic mass is 9.99. The van der Waals surface area contributed by atoms with E-state index in [1.807, 2.05) is 0 Å². The first-order chi connectivity index (χ1) is 8.83. The van der Waals surface area contributed by atoms with E-state index in [0.717, 1.165) is 5.56 Å². The summed E-state index contributed by atoms with van der Waals surface area (Å²) in [5.74, 6) is 4.92. The minimum Gasteiger partial charge on any atom is -0.372 e. The molecule has 1 unspecified atom stereocenters. The summed E-state index contributed by atoms with van der Waals surface area (Å²) in [6.07, 6.45) is -4.13. The van der Waals surface area contributed by atoms with Crippen LogP contribution in [0.3, 0.4) is 0 Å². The maximum atomic E-state index is 13.1. The van der Waals surface area contributed by atoms with Gasteiger partial charge in [0.15, 0.2) is 0 Å². The van der Waals surface area contributed by atoms with E-state index >= 15 is 0 Å². The Labute approximate surface area is 108 Å². The van der Waals surface area contributed by atoms with Gasteiger partial charge in [-0.05, 0) is 36.6 Å². The topological polar surface area (TPSA) is 47.3 Å². The van der Waals surface area contributed by atoms with Gasteiger partial charge in [0, 0.05) is 12.6 Å². The van der Waals surface area contributed by atoms with E-state index in [4.69, 9.17) is 5.84 Å². The third-order valence-electron chi connectivity index (χ3n) is 2.63. The van der Waals surface area contributed by atoms with Gasteiger partial charge in [-0.1, -0.05) is 6.07 Å². The van der Waals surface area contributed by atoms with Crippen LogP contribution in [0.5, 0.6) is 0 Å². The molecule has 0 aromatic heterocycles. The monoisotopic (exact) mass is 280 g/mol. The van der Waals surface area contributed by atoms with Gasteiger partial charge in [0.05, 0.1) is 0 Å². The average molecular weight is 280 g/mol. The number of hydrazine groups is 1. The molecule has 1 rings (SSSR count). The minimum atomic E-state index is -4.35. The summed E-state index contributed by atoms with van der Waals surface area (Å²) >= 11 is 0. The van der Waals surface area contributed by atoms with Crippen molar-refractivity contribution in [1.82, 2.24) is 5.43 Å². The maximum absolute atomic E-state index is 13.1. The number of rotatable bonds is 6. The highest BCUT2D eigenvalue weighted by Gasteiger charge is 2.27. The largest absolute Gasteiger partial charge is 0.411 e. The second-order valence-corrected chi connectivity index (χ2v) is 4.18. The van der Waals surface area contributed by atoms with Crippen LogP contribution in [-0.4, -0.2) is 19.4 Å². The molecule has 19 heavy (non-hydrogen) atoms. The van der Waals surface area contributed by atoms with Crippen molar-refractivity contribution < 1.29 is 22.3 Å².